The number of nitrogens with one attached hydrogen (secondary N) is 2. The lowest BCUT2D eigenvalue weighted by molar-refractivity contribution is 0.0938. The van der Waals surface area contributed by atoms with E-state index in [2.05, 4.69) is 44.6 Å². The second-order valence-corrected chi connectivity index (χ2v) is 9.59. The van der Waals surface area contributed by atoms with E-state index in [0.717, 1.165) is 12.1 Å². The van der Waals surface area contributed by atoms with Crippen molar-refractivity contribution in [2.45, 2.75) is 66.7 Å². The lowest BCUT2D eigenvalue weighted by Gasteiger charge is -2.47. The second kappa shape index (κ2) is 7.53. The molecule has 146 valence electrons. The quantitative estimate of drug-likeness (QED) is 0.525. The molecule has 0 aliphatic heterocycles. The van der Waals surface area contributed by atoms with Crippen LogP contribution in [0, 0.1) is 16.7 Å². The van der Waals surface area contributed by atoms with Crippen LogP contribution in [-0.4, -0.2) is 5.91 Å². The average Bonchev–Trinajstić information content (AvgIpc) is 2.61. The maximum atomic E-state index is 12.2. The van der Waals surface area contributed by atoms with Crippen molar-refractivity contribution in [2.75, 3.05) is 0 Å². The van der Waals surface area contributed by atoms with E-state index in [9.17, 15) is 4.79 Å². The fraction of sp³-hybridized carbons (Fsp3) is 0.542. The van der Waals surface area contributed by atoms with Gasteiger partial charge in [0.1, 0.15) is 0 Å². The van der Waals surface area contributed by atoms with Crippen LogP contribution in [0.3, 0.4) is 0 Å². The smallest absolute Gasteiger partial charge is 0.269 e. The number of carbonyl (C=O) groups is 1. The predicted octanol–water partition coefficient (Wildman–Crippen LogP) is 5.77. The molecular weight excluding hydrogens is 332 g/mol. The first-order valence-electron chi connectivity index (χ1n) is 10.2. The number of hydrogen-bond acceptors (Lipinski definition) is 2. The van der Waals surface area contributed by atoms with Crippen molar-refractivity contribution in [1.82, 2.24) is 10.9 Å². The van der Waals surface area contributed by atoms with E-state index in [1.807, 2.05) is 37.3 Å². The van der Waals surface area contributed by atoms with Crippen molar-refractivity contribution in [3.8, 4) is 0 Å². The van der Waals surface area contributed by atoms with Crippen LogP contribution in [0.2, 0.25) is 0 Å². The minimum Gasteiger partial charge on any atom is -0.303 e. The third-order valence-electron chi connectivity index (χ3n) is 6.49. The highest BCUT2D eigenvalue weighted by atomic mass is 16.2. The zero-order valence-electron chi connectivity index (χ0n) is 17.5. The summed E-state index contributed by atoms with van der Waals surface area (Å²) in [6.45, 7) is 11.6. The molecule has 3 nitrogen and oxygen atoms in total. The first kappa shape index (κ1) is 19.7. The highest BCUT2D eigenvalue weighted by Gasteiger charge is 2.41. The lowest BCUT2D eigenvalue weighted by Crippen LogP contribution is -2.38. The summed E-state index contributed by atoms with van der Waals surface area (Å²) in [6.07, 6.45) is 8.53. The summed E-state index contributed by atoms with van der Waals surface area (Å²) in [6, 6.07) is 9.30. The predicted molar refractivity (Wildman–Crippen MR) is 112 cm³/mol. The van der Waals surface area contributed by atoms with Gasteiger partial charge < -0.3 is 5.43 Å². The maximum Gasteiger partial charge on any atom is 0.269 e. The summed E-state index contributed by atoms with van der Waals surface area (Å²) in [5.74, 6) is 0.386. The van der Waals surface area contributed by atoms with Gasteiger partial charge in [-0.05, 0) is 67.9 Å². The molecule has 1 amide bonds. The Hall–Kier alpha value is -2.03. The standard InChI is InChI=1S/C24H34N2O/c1-17(25-26-22(27)18-10-7-6-8-11-18)14-20-15-19-12-9-13-23(2,3)21(19)16-24(20,4)5/h6-8,10-11,14,20,25H,9,12-13,15-16H2,1-5H3,(H,26,27)/b17-14-/t20-/m0/s1. The van der Waals surface area contributed by atoms with Crippen molar-refractivity contribution >= 4 is 5.91 Å². The molecule has 0 saturated heterocycles. The molecule has 1 aromatic carbocycles. The first-order valence-corrected chi connectivity index (χ1v) is 10.2. The Balaban J connectivity index is 1.68. The summed E-state index contributed by atoms with van der Waals surface area (Å²) < 4.78 is 0. The molecule has 0 saturated carbocycles. The van der Waals surface area contributed by atoms with E-state index in [4.69, 9.17) is 0 Å². The van der Waals surface area contributed by atoms with Crippen LogP contribution in [0.4, 0.5) is 0 Å². The van der Waals surface area contributed by atoms with Crippen LogP contribution in [0.5, 0.6) is 0 Å². The molecule has 0 fully saturated rings. The van der Waals surface area contributed by atoms with Gasteiger partial charge in [-0.1, -0.05) is 63.1 Å². The van der Waals surface area contributed by atoms with E-state index in [-0.39, 0.29) is 11.3 Å². The zero-order chi connectivity index (χ0) is 19.7. The summed E-state index contributed by atoms with van der Waals surface area (Å²) >= 11 is 0. The first-order chi connectivity index (χ1) is 12.7. The van der Waals surface area contributed by atoms with Gasteiger partial charge in [0.25, 0.3) is 5.91 Å². The number of allylic oxidation sites excluding steroid dienone is 4. The molecule has 0 unspecified atom stereocenters. The fourth-order valence-corrected chi connectivity index (χ4v) is 4.69. The average molecular weight is 367 g/mol. The molecule has 0 spiro atoms. The van der Waals surface area contributed by atoms with Gasteiger partial charge in [-0.25, -0.2) is 0 Å². The van der Waals surface area contributed by atoms with Crippen LogP contribution in [0.1, 0.15) is 77.1 Å². The van der Waals surface area contributed by atoms with Crippen LogP contribution in [-0.2, 0) is 0 Å². The summed E-state index contributed by atoms with van der Waals surface area (Å²) in [4.78, 5) is 12.2. The molecule has 3 heteroatoms. The number of carbonyl (C=O) groups excluding carboxylic acids is 1. The topological polar surface area (TPSA) is 41.1 Å². The number of hydrazine groups is 1. The van der Waals surface area contributed by atoms with Crippen molar-refractivity contribution in [3.63, 3.8) is 0 Å². The van der Waals surface area contributed by atoms with E-state index in [1.165, 1.54) is 25.7 Å². The zero-order valence-corrected chi connectivity index (χ0v) is 17.5. The molecule has 0 heterocycles. The van der Waals surface area contributed by atoms with Crippen molar-refractivity contribution in [2.24, 2.45) is 16.7 Å². The molecule has 2 N–H and O–H groups in total. The van der Waals surface area contributed by atoms with Crippen molar-refractivity contribution < 1.29 is 4.79 Å². The Morgan fingerprint density at radius 1 is 1.11 bits per heavy atom. The monoisotopic (exact) mass is 366 g/mol. The van der Waals surface area contributed by atoms with Gasteiger partial charge in [-0.15, -0.1) is 0 Å². The van der Waals surface area contributed by atoms with E-state index in [0.29, 0.717) is 16.9 Å². The molecule has 0 aromatic heterocycles. The highest BCUT2D eigenvalue weighted by Crippen LogP contribution is 2.53. The molecule has 0 bridgehead atoms. The molecular formula is C24H34N2O. The molecule has 0 radical (unpaired) electrons. The number of rotatable bonds is 4. The summed E-state index contributed by atoms with van der Waals surface area (Å²) in [5, 5.41) is 0. The molecule has 2 aliphatic rings. The summed E-state index contributed by atoms with van der Waals surface area (Å²) in [5.41, 5.74) is 11.6. The normalized spacial score (nSPS) is 24.2. The fourth-order valence-electron chi connectivity index (χ4n) is 4.69. The Labute approximate surface area is 164 Å². The molecule has 2 aliphatic carbocycles. The largest absolute Gasteiger partial charge is 0.303 e. The van der Waals surface area contributed by atoms with Gasteiger partial charge in [0.05, 0.1) is 0 Å². The van der Waals surface area contributed by atoms with Crippen LogP contribution >= 0.6 is 0 Å². The Morgan fingerprint density at radius 3 is 2.52 bits per heavy atom. The van der Waals surface area contributed by atoms with Gasteiger partial charge in [0.2, 0.25) is 0 Å². The van der Waals surface area contributed by atoms with Crippen molar-refractivity contribution in [1.29, 1.82) is 0 Å². The van der Waals surface area contributed by atoms with Gasteiger partial charge in [-0.3, -0.25) is 10.2 Å². The Bertz CT molecular complexity index is 756. The number of amides is 1. The van der Waals surface area contributed by atoms with Crippen LogP contribution < -0.4 is 10.9 Å². The second-order valence-electron chi connectivity index (χ2n) is 9.59. The number of hydrogen-bond donors (Lipinski definition) is 2. The molecule has 1 atom stereocenters. The van der Waals surface area contributed by atoms with Gasteiger partial charge in [-0.2, -0.15) is 0 Å². The maximum absolute atomic E-state index is 12.2. The minimum atomic E-state index is -0.106. The van der Waals surface area contributed by atoms with Gasteiger partial charge >= 0.3 is 0 Å². The van der Waals surface area contributed by atoms with Crippen LogP contribution in [0.25, 0.3) is 0 Å². The van der Waals surface area contributed by atoms with E-state index in [1.54, 1.807) is 11.1 Å². The molecule has 1 aromatic rings. The van der Waals surface area contributed by atoms with E-state index < -0.39 is 0 Å². The van der Waals surface area contributed by atoms with Crippen LogP contribution in [0.15, 0.2) is 53.3 Å². The van der Waals surface area contributed by atoms with Crippen molar-refractivity contribution in [3.05, 3.63) is 58.8 Å². The van der Waals surface area contributed by atoms with Gasteiger partial charge in [0.15, 0.2) is 0 Å². The minimum absolute atomic E-state index is 0.106. The third kappa shape index (κ3) is 4.45. The third-order valence-corrected chi connectivity index (χ3v) is 6.49. The SMILES string of the molecule is C/C(=C/[C@H]1CC2=C(CC1(C)C)C(C)(C)CCC2)NNC(=O)c1ccccc1. The number of benzene rings is 1. The Kier molecular flexibility index (Phi) is 5.50. The summed E-state index contributed by atoms with van der Waals surface area (Å²) in [7, 11) is 0. The highest BCUT2D eigenvalue weighted by molar-refractivity contribution is 5.93. The Morgan fingerprint density at radius 2 is 1.81 bits per heavy atom. The lowest BCUT2D eigenvalue weighted by atomic mass is 9.58. The van der Waals surface area contributed by atoms with Gasteiger partial charge in [0, 0.05) is 11.3 Å². The molecule has 3 rings (SSSR count). The molecule has 27 heavy (non-hydrogen) atoms. The van der Waals surface area contributed by atoms with E-state index >= 15 is 0 Å².